The molecule has 0 spiro atoms. The van der Waals surface area contributed by atoms with Gasteiger partial charge in [0.1, 0.15) is 0 Å². The molecule has 1 fully saturated rings. The number of aromatic nitrogens is 2. The predicted molar refractivity (Wildman–Crippen MR) is 96.7 cm³/mol. The van der Waals surface area contributed by atoms with Gasteiger partial charge in [-0.1, -0.05) is 6.07 Å². The molecule has 2 amide bonds. The third-order valence-electron chi connectivity index (χ3n) is 4.15. The Balaban J connectivity index is 1.41. The average molecular weight is 354 g/mol. The minimum atomic E-state index is -0.131. The fraction of sp³-hybridized carbons (Fsp3) is 0.368. The molecule has 2 heterocycles. The number of nitrogens with zero attached hydrogens (tertiary/aromatic N) is 3. The van der Waals surface area contributed by atoms with Gasteiger partial charge in [-0.15, -0.1) is 0 Å². The molecule has 0 saturated heterocycles. The van der Waals surface area contributed by atoms with Crippen LogP contribution in [0.15, 0.2) is 42.7 Å². The van der Waals surface area contributed by atoms with Gasteiger partial charge in [-0.2, -0.15) is 0 Å². The van der Waals surface area contributed by atoms with Gasteiger partial charge >= 0.3 is 0 Å². The van der Waals surface area contributed by atoms with Crippen LogP contribution in [0, 0.1) is 5.92 Å². The zero-order chi connectivity index (χ0) is 18.4. The van der Waals surface area contributed by atoms with Crippen molar-refractivity contribution in [1.82, 2.24) is 14.9 Å². The lowest BCUT2D eigenvalue weighted by molar-refractivity contribution is -0.132. The van der Waals surface area contributed by atoms with Crippen molar-refractivity contribution in [1.29, 1.82) is 0 Å². The highest BCUT2D eigenvalue weighted by Gasteiger charge is 2.29. The molecule has 7 heteroatoms. The number of hydrogen-bond acceptors (Lipinski definition) is 5. The number of carbonyl (C=O) groups excluding carboxylic acids is 2. The van der Waals surface area contributed by atoms with Gasteiger partial charge in [0.25, 0.3) is 5.91 Å². The first kappa shape index (κ1) is 17.8. The molecule has 1 aliphatic rings. The molecular formula is C19H22N4O3. The highest BCUT2D eigenvalue weighted by molar-refractivity contribution is 5.93. The van der Waals surface area contributed by atoms with Crippen LogP contribution in [-0.2, 0) is 16.0 Å². The van der Waals surface area contributed by atoms with Gasteiger partial charge in [0.05, 0.1) is 11.9 Å². The fourth-order valence-electron chi connectivity index (χ4n) is 2.33. The molecule has 0 bridgehead atoms. The average Bonchev–Trinajstić information content (AvgIpc) is 3.51. The van der Waals surface area contributed by atoms with Crippen LogP contribution in [0.4, 0.5) is 5.69 Å². The number of likely N-dealkylation sites (N-methyl/N-ethyl adjacent to an activating group) is 1. The summed E-state index contributed by atoms with van der Waals surface area (Å²) in [6, 6.07) is 9.08. The van der Waals surface area contributed by atoms with Gasteiger partial charge in [0.15, 0.2) is 6.61 Å². The summed E-state index contributed by atoms with van der Waals surface area (Å²) >= 11 is 0. The number of rotatable bonds is 8. The maximum Gasteiger partial charge on any atom is 0.260 e. The molecule has 0 atom stereocenters. The van der Waals surface area contributed by atoms with Crippen LogP contribution >= 0.6 is 0 Å². The van der Waals surface area contributed by atoms with E-state index in [1.807, 2.05) is 18.2 Å². The van der Waals surface area contributed by atoms with Crippen LogP contribution < -0.4 is 10.1 Å². The molecule has 3 rings (SSSR count). The Hall–Kier alpha value is -2.96. The lowest BCUT2D eigenvalue weighted by Crippen LogP contribution is -2.33. The molecule has 2 aromatic rings. The molecule has 136 valence electrons. The first-order chi connectivity index (χ1) is 12.6. The van der Waals surface area contributed by atoms with Crippen LogP contribution in [0.1, 0.15) is 18.5 Å². The lowest BCUT2D eigenvalue weighted by atomic mass is 10.2. The van der Waals surface area contributed by atoms with E-state index in [4.69, 9.17) is 4.74 Å². The predicted octanol–water partition coefficient (Wildman–Crippen LogP) is 1.90. The third kappa shape index (κ3) is 5.27. The molecule has 0 unspecified atom stereocenters. The summed E-state index contributed by atoms with van der Waals surface area (Å²) in [6.45, 7) is 0.484. The molecule has 0 aliphatic heterocycles. The zero-order valence-corrected chi connectivity index (χ0v) is 14.7. The topological polar surface area (TPSA) is 84.4 Å². The van der Waals surface area contributed by atoms with Crippen molar-refractivity contribution in [3.05, 3.63) is 48.4 Å². The zero-order valence-electron chi connectivity index (χ0n) is 14.7. The first-order valence-electron chi connectivity index (χ1n) is 8.65. The van der Waals surface area contributed by atoms with E-state index in [9.17, 15) is 9.59 Å². The van der Waals surface area contributed by atoms with Crippen molar-refractivity contribution in [3.63, 3.8) is 0 Å². The van der Waals surface area contributed by atoms with Crippen LogP contribution in [-0.4, -0.2) is 46.9 Å². The van der Waals surface area contributed by atoms with Crippen molar-refractivity contribution >= 4 is 17.5 Å². The van der Waals surface area contributed by atoms with Crippen molar-refractivity contribution in [3.8, 4) is 5.88 Å². The highest BCUT2D eigenvalue weighted by Crippen LogP contribution is 2.30. The standard InChI is InChI=1S/C19H22N4O3/c1-23(11-9-15-4-2-3-10-20-15)18(24)13-26-17-8-7-16(12-21-17)22-19(25)14-5-6-14/h2-4,7-8,10,12,14H,5-6,9,11,13H2,1H3,(H,22,25). The van der Waals surface area contributed by atoms with E-state index in [1.54, 1.807) is 30.3 Å². The van der Waals surface area contributed by atoms with Crippen LogP contribution in [0.2, 0.25) is 0 Å². The second-order valence-corrected chi connectivity index (χ2v) is 6.32. The van der Waals surface area contributed by atoms with Crippen LogP contribution in [0.3, 0.4) is 0 Å². The van der Waals surface area contributed by atoms with Crippen molar-refractivity contribution in [2.45, 2.75) is 19.3 Å². The molecule has 1 aliphatic carbocycles. The molecular weight excluding hydrogens is 332 g/mol. The number of anilines is 1. The van der Waals surface area contributed by atoms with Gasteiger partial charge in [-0.25, -0.2) is 4.98 Å². The molecule has 2 aromatic heterocycles. The van der Waals surface area contributed by atoms with Crippen LogP contribution in [0.5, 0.6) is 5.88 Å². The van der Waals surface area contributed by atoms with Crippen molar-refractivity contribution < 1.29 is 14.3 Å². The fourth-order valence-corrected chi connectivity index (χ4v) is 2.33. The van der Waals surface area contributed by atoms with Crippen LogP contribution in [0.25, 0.3) is 0 Å². The van der Waals surface area contributed by atoms with E-state index in [1.165, 1.54) is 6.20 Å². The van der Waals surface area contributed by atoms with E-state index >= 15 is 0 Å². The summed E-state index contributed by atoms with van der Waals surface area (Å²) in [5.41, 5.74) is 1.58. The van der Waals surface area contributed by atoms with E-state index in [0.29, 0.717) is 24.5 Å². The van der Waals surface area contributed by atoms with Gasteiger partial charge in [0.2, 0.25) is 11.8 Å². The first-order valence-corrected chi connectivity index (χ1v) is 8.65. The molecule has 0 aromatic carbocycles. The number of hydrogen-bond donors (Lipinski definition) is 1. The third-order valence-corrected chi connectivity index (χ3v) is 4.15. The Labute approximate surface area is 152 Å². The smallest absolute Gasteiger partial charge is 0.260 e. The van der Waals surface area contributed by atoms with Crippen molar-refractivity contribution in [2.75, 3.05) is 25.5 Å². The van der Waals surface area contributed by atoms with E-state index in [-0.39, 0.29) is 24.3 Å². The highest BCUT2D eigenvalue weighted by atomic mass is 16.5. The number of pyridine rings is 2. The Bertz CT molecular complexity index is 745. The molecule has 7 nitrogen and oxygen atoms in total. The SMILES string of the molecule is CN(CCc1ccccn1)C(=O)COc1ccc(NC(=O)C2CC2)cn1. The minimum absolute atomic E-state index is 0.0326. The quantitative estimate of drug-likeness (QED) is 0.783. The van der Waals surface area contributed by atoms with E-state index in [0.717, 1.165) is 18.5 Å². The summed E-state index contributed by atoms with van der Waals surface area (Å²) in [5, 5.41) is 2.81. The molecule has 1 N–H and O–H groups in total. The van der Waals surface area contributed by atoms with Gasteiger partial charge in [0, 0.05) is 43.9 Å². The molecule has 0 radical (unpaired) electrons. The maximum atomic E-state index is 12.1. The normalized spacial score (nSPS) is 13.1. The number of ether oxygens (including phenoxy) is 1. The Morgan fingerprint density at radius 3 is 2.73 bits per heavy atom. The summed E-state index contributed by atoms with van der Waals surface area (Å²) in [7, 11) is 1.73. The van der Waals surface area contributed by atoms with E-state index in [2.05, 4.69) is 15.3 Å². The lowest BCUT2D eigenvalue weighted by Gasteiger charge is -2.17. The van der Waals surface area contributed by atoms with Gasteiger partial charge < -0.3 is 15.0 Å². The van der Waals surface area contributed by atoms with Gasteiger partial charge in [-0.3, -0.25) is 14.6 Å². The Morgan fingerprint density at radius 2 is 2.08 bits per heavy atom. The summed E-state index contributed by atoms with van der Waals surface area (Å²) in [6.07, 6.45) is 5.87. The van der Waals surface area contributed by atoms with Crippen molar-refractivity contribution in [2.24, 2.45) is 5.92 Å². The number of nitrogens with one attached hydrogen (secondary N) is 1. The minimum Gasteiger partial charge on any atom is -0.468 e. The summed E-state index contributed by atoms with van der Waals surface area (Å²) in [5.74, 6) is 0.394. The molecule has 26 heavy (non-hydrogen) atoms. The summed E-state index contributed by atoms with van der Waals surface area (Å²) in [4.78, 5) is 33.8. The summed E-state index contributed by atoms with van der Waals surface area (Å²) < 4.78 is 5.43. The maximum absolute atomic E-state index is 12.1. The van der Waals surface area contributed by atoms with Gasteiger partial charge in [-0.05, 0) is 31.0 Å². The molecule has 1 saturated carbocycles. The largest absolute Gasteiger partial charge is 0.468 e. The Kier molecular flexibility index (Phi) is 5.78. The number of amides is 2. The van der Waals surface area contributed by atoms with E-state index < -0.39 is 0 Å². The number of carbonyl (C=O) groups is 2. The second-order valence-electron chi connectivity index (χ2n) is 6.32. The monoisotopic (exact) mass is 354 g/mol. The Morgan fingerprint density at radius 1 is 1.23 bits per heavy atom. The second kappa shape index (κ2) is 8.42.